The Morgan fingerprint density at radius 3 is 2.10 bits per heavy atom. The third-order valence-electron chi connectivity index (χ3n) is 3.35. The molecule has 0 unspecified atom stereocenters. The van der Waals surface area contributed by atoms with Crippen molar-refractivity contribution in [3.63, 3.8) is 0 Å². The van der Waals surface area contributed by atoms with Crippen LogP contribution in [0.5, 0.6) is 0 Å². The Balaban J connectivity index is 2.13. The summed E-state index contributed by atoms with van der Waals surface area (Å²) in [5.74, 6) is 0. The summed E-state index contributed by atoms with van der Waals surface area (Å²) in [5.41, 5.74) is 5.77. The number of halogens is 1. The van der Waals surface area contributed by atoms with Gasteiger partial charge in [0.05, 0.1) is 0 Å². The number of carbonyl (C=O) groups excluding carboxylic acids is 1. The molecule has 0 spiro atoms. The van der Waals surface area contributed by atoms with Crippen LogP contribution in [0.25, 0.3) is 0 Å². The van der Waals surface area contributed by atoms with Crippen molar-refractivity contribution in [2.45, 2.75) is 27.7 Å². The first kappa shape index (κ1) is 15.4. The highest BCUT2D eigenvalue weighted by molar-refractivity contribution is 6.31. The zero-order chi connectivity index (χ0) is 15.6. The topological polar surface area (TPSA) is 41.1 Å². The number of urea groups is 1. The molecule has 2 N–H and O–H groups in total. The summed E-state index contributed by atoms with van der Waals surface area (Å²) in [4.78, 5) is 12.1. The average molecular weight is 303 g/mol. The van der Waals surface area contributed by atoms with Crippen LogP contribution in [0, 0.1) is 27.7 Å². The average Bonchev–Trinajstić information content (AvgIpc) is 2.38. The molecule has 0 aromatic heterocycles. The Hall–Kier alpha value is -2.00. The molecule has 3 nitrogen and oxygen atoms in total. The molecule has 0 atom stereocenters. The number of aryl methyl sites for hydroxylation is 4. The van der Waals surface area contributed by atoms with Crippen molar-refractivity contribution >= 4 is 29.0 Å². The predicted molar refractivity (Wildman–Crippen MR) is 89.5 cm³/mol. The minimum Gasteiger partial charge on any atom is -0.308 e. The van der Waals surface area contributed by atoms with Crippen LogP contribution in [0.2, 0.25) is 5.02 Å². The number of nitrogens with one attached hydrogen (secondary N) is 2. The highest BCUT2D eigenvalue weighted by atomic mass is 35.5. The van der Waals surface area contributed by atoms with Crippen LogP contribution < -0.4 is 10.6 Å². The molecule has 2 aromatic carbocycles. The normalized spacial score (nSPS) is 10.3. The second-order valence-electron chi connectivity index (χ2n) is 5.32. The van der Waals surface area contributed by atoms with E-state index in [0.29, 0.717) is 10.7 Å². The Kier molecular flexibility index (Phi) is 4.53. The molecule has 110 valence electrons. The molecule has 21 heavy (non-hydrogen) atoms. The van der Waals surface area contributed by atoms with E-state index in [1.165, 1.54) is 5.56 Å². The lowest BCUT2D eigenvalue weighted by Gasteiger charge is -2.14. The summed E-state index contributed by atoms with van der Waals surface area (Å²) in [5, 5.41) is 6.32. The van der Waals surface area contributed by atoms with Gasteiger partial charge < -0.3 is 10.6 Å². The highest BCUT2D eigenvalue weighted by Gasteiger charge is 2.09. The fourth-order valence-electron chi connectivity index (χ4n) is 2.32. The second-order valence-corrected chi connectivity index (χ2v) is 5.72. The number of hydrogen-bond acceptors (Lipinski definition) is 1. The molecular weight excluding hydrogens is 284 g/mol. The fraction of sp³-hybridized carbons (Fsp3) is 0.235. The lowest BCUT2D eigenvalue weighted by atomic mass is 10.1. The van der Waals surface area contributed by atoms with Crippen LogP contribution in [0.3, 0.4) is 0 Å². The van der Waals surface area contributed by atoms with Crippen LogP contribution in [0.1, 0.15) is 22.3 Å². The van der Waals surface area contributed by atoms with Gasteiger partial charge in [0.1, 0.15) is 0 Å². The molecule has 0 heterocycles. The van der Waals surface area contributed by atoms with Crippen molar-refractivity contribution in [1.82, 2.24) is 0 Å². The Labute approximate surface area is 130 Å². The highest BCUT2D eigenvalue weighted by Crippen LogP contribution is 2.23. The van der Waals surface area contributed by atoms with Crippen LogP contribution >= 0.6 is 11.6 Å². The first-order valence-electron chi connectivity index (χ1n) is 6.79. The van der Waals surface area contributed by atoms with Crippen LogP contribution in [0.15, 0.2) is 30.3 Å². The minimum atomic E-state index is -0.273. The Bertz CT molecular complexity index is 672. The summed E-state index contributed by atoms with van der Waals surface area (Å²) >= 11 is 6.05. The maximum absolute atomic E-state index is 12.1. The SMILES string of the molecule is Cc1cc(C)c(NC(=O)Nc2ccc(C)c(Cl)c2)c(C)c1. The van der Waals surface area contributed by atoms with Crippen molar-refractivity contribution in [3.8, 4) is 0 Å². The maximum atomic E-state index is 12.1. The summed E-state index contributed by atoms with van der Waals surface area (Å²) in [6.07, 6.45) is 0. The molecule has 0 aliphatic rings. The number of hydrogen-bond donors (Lipinski definition) is 2. The molecule has 0 saturated carbocycles. The molecule has 0 aliphatic heterocycles. The molecule has 0 aliphatic carbocycles. The van der Waals surface area contributed by atoms with Gasteiger partial charge in [0.15, 0.2) is 0 Å². The second kappa shape index (κ2) is 6.19. The third-order valence-corrected chi connectivity index (χ3v) is 3.75. The quantitative estimate of drug-likeness (QED) is 0.784. The molecule has 2 rings (SSSR count). The molecule has 0 saturated heterocycles. The largest absolute Gasteiger partial charge is 0.323 e. The van der Waals surface area contributed by atoms with Gasteiger partial charge in [0, 0.05) is 16.4 Å². The van der Waals surface area contributed by atoms with E-state index >= 15 is 0 Å². The van der Waals surface area contributed by atoms with Gasteiger partial charge >= 0.3 is 6.03 Å². The monoisotopic (exact) mass is 302 g/mol. The summed E-state index contributed by atoms with van der Waals surface area (Å²) < 4.78 is 0. The molecule has 0 radical (unpaired) electrons. The number of rotatable bonds is 2. The zero-order valence-corrected chi connectivity index (χ0v) is 13.4. The van der Waals surface area contributed by atoms with Gasteiger partial charge in [-0.25, -0.2) is 4.79 Å². The first-order chi connectivity index (χ1) is 9.86. The lowest BCUT2D eigenvalue weighted by molar-refractivity contribution is 0.262. The van der Waals surface area contributed by atoms with Gasteiger partial charge in [0.2, 0.25) is 0 Å². The van der Waals surface area contributed by atoms with E-state index in [9.17, 15) is 4.79 Å². The Morgan fingerprint density at radius 1 is 0.905 bits per heavy atom. The van der Waals surface area contributed by atoms with E-state index in [4.69, 9.17) is 11.6 Å². The summed E-state index contributed by atoms with van der Waals surface area (Å²) in [7, 11) is 0. The summed E-state index contributed by atoms with van der Waals surface area (Å²) in [6.45, 7) is 7.93. The Morgan fingerprint density at radius 2 is 1.52 bits per heavy atom. The smallest absolute Gasteiger partial charge is 0.308 e. The zero-order valence-electron chi connectivity index (χ0n) is 12.7. The van der Waals surface area contributed by atoms with Crippen molar-refractivity contribution in [1.29, 1.82) is 0 Å². The fourth-order valence-corrected chi connectivity index (χ4v) is 2.50. The third kappa shape index (κ3) is 3.76. The van der Waals surface area contributed by atoms with E-state index in [-0.39, 0.29) is 6.03 Å². The predicted octanol–water partition coefficient (Wildman–Crippen LogP) is 5.22. The minimum absolute atomic E-state index is 0.273. The first-order valence-corrected chi connectivity index (χ1v) is 7.16. The molecular formula is C17H19ClN2O. The summed E-state index contributed by atoms with van der Waals surface area (Å²) in [6, 6.07) is 9.27. The molecule has 0 bridgehead atoms. The standard InChI is InChI=1S/C17H19ClN2O/c1-10-7-12(3)16(13(4)8-10)20-17(21)19-14-6-5-11(2)15(18)9-14/h5-9H,1-4H3,(H2,19,20,21). The number of carbonyl (C=O) groups is 1. The van der Waals surface area contributed by atoms with Crippen molar-refractivity contribution in [3.05, 3.63) is 57.6 Å². The maximum Gasteiger partial charge on any atom is 0.323 e. The number of anilines is 2. The van der Waals surface area contributed by atoms with E-state index < -0.39 is 0 Å². The van der Waals surface area contributed by atoms with Crippen molar-refractivity contribution in [2.75, 3.05) is 10.6 Å². The lowest BCUT2D eigenvalue weighted by Crippen LogP contribution is -2.20. The molecule has 2 aromatic rings. The van der Waals surface area contributed by atoms with E-state index in [2.05, 4.69) is 10.6 Å². The van der Waals surface area contributed by atoms with Crippen LogP contribution in [0.4, 0.5) is 16.2 Å². The van der Waals surface area contributed by atoms with Gasteiger partial charge in [-0.05, 0) is 56.5 Å². The molecule has 0 fully saturated rings. The van der Waals surface area contributed by atoms with Gasteiger partial charge in [-0.3, -0.25) is 0 Å². The molecule has 4 heteroatoms. The van der Waals surface area contributed by atoms with Crippen molar-refractivity contribution in [2.24, 2.45) is 0 Å². The number of benzene rings is 2. The van der Waals surface area contributed by atoms with Gasteiger partial charge in [0.25, 0.3) is 0 Å². The van der Waals surface area contributed by atoms with Gasteiger partial charge in [-0.15, -0.1) is 0 Å². The van der Waals surface area contributed by atoms with Crippen LogP contribution in [-0.2, 0) is 0 Å². The molecule has 2 amide bonds. The van der Waals surface area contributed by atoms with E-state index in [0.717, 1.165) is 22.4 Å². The van der Waals surface area contributed by atoms with E-state index in [1.54, 1.807) is 6.07 Å². The van der Waals surface area contributed by atoms with Crippen LogP contribution in [-0.4, -0.2) is 6.03 Å². The number of amides is 2. The van der Waals surface area contributed by atoms with Gasteiger partial charge in [-0.1, -0.05) is 35.4 Å². The van der Waals surface area contributed by atoms with E-state index in [1.807, 2.05) is 52.0 Å². The van der Waals surface area contributed by atoms with Crippen molar-refractivity contribution < 1.29 is 4.79 Å². The van der Waals surface area contributed by atoms with Gasteiger partial charge in [-0.2, -0.15) is 0 Å².